The molecule has 0 aliphatic heterocycles. The van der Waals surface area contributed by atoms with E-state index >= 15 is 0 Å². The summed E-state index contributed by atoms with van der Waals surface area (Å²) in [5, 5.41) is 11.7. The van der Waals surface area contributed by atoms with Crippen molar-refractivity contribution in [2.75, 3.05) is 0 Å². The molecule has 20 heavy (non-hydrogen) atoms. The van der Waals surface area contributed by atoms with E-state index in [4.69, 9.17) is 5.11 Å². The molecule has 1 heterocycles. The summed E-state index contributed by atoms with van der Waals surface area (Å²) in [6.07, 6.45) is 3.21. The molecular weight excluding hydrogens is 274 g/mol. The third-order valence-corrected chi connectivity index (χ3v) is 5.01. The van der Waals surface area contributed by atoms with Crippen LogP contribution in [0.25, 0.3) is 0 Å². The van der Waals surface area contributed by atoms with E-state index in [1.54, 1.807) is 13.8 Å². The lowest BCUT2D eigenvalue weighted by Crippen LogP contribution is -2.44. The molecule has 0 spiro atoms. The third-order valence-electron chi connectivity index (χ3n) is 3.77. The second-order valence-electron chi connectivity index (χ2n) is 5.94. The molecule has 0 saturated heterocycles. The maximum absolute atomic E-state index is 12.2. The van der Waals surface area contributed by atoms with Crippen molar-refractivity contribution in [1.29, 1.82) is 0 Å². The molecule has 1 amide bonds. The number of carbonyl (C=O) groups excluding carboxylic acids is 1. The SMILES string of the molecule is CC1CCc2sc(C(=O)NC(C(=O)O)C(C)C)cc2C1. The topological polar surface area (TPSA) is 66.4 Å². The molecule has 1 aliphatic carbocycles. The quantitative estimate of drug-likeness (QED) is 0.897. The molecule has 0 aromatic carbocycles. The molecule has 110 valence electrons. The van der Waals surface area contributed by atoms with Gasteiger partial charge in [-0.25, -0.2) is 4.79 Å². The summed E-state index contributed by atoms with van der Waals surface area (Å²) in [5.74, 6) is -0.719. The Bertz CT molecular complexity index is 521. The summed E-state index contributed by atoms with van der Waals surface area (Å²) < 4.78 is 0. The van der Waals surface area contributed by atoms with Crippen LogP contribution in [-0.2, 0) is 17.6 Å². The average molecular weight is 295 g/mol. The molecule has 1 aromatic rings. The molecule has 1 aromatic heterocycles. The average Bonchev–Trinajstić information content (AvgIpc) is 2.77. The Morgan fingerprint density at radius 3 is 2.75 bits per heavy atom. The van der Waals surface area contributed by atoms with E-state index in [0.29, 0.717) is 10.8 Å². The first-order chi connectivity index (χ1) is 9.38. The Hall–Kier alpha value is -1.36. The van der Waals surface area contributed by atoms with Crippen LogP contribution < -0.4 is 5.32 Å². The first-order valence-corrected chi connectivity index (χ1v) is 7.85. The van der Waals surface area contributed by atoms with Crippen LogP contribution in [0.4, 0.5) is 0 Å². The van der Waals surface area contributed by atoms with Crippen molar-refractivity contribution < 1.29 is 14.7 Å². The van der Waals surface area contributed by atoms with Gasteiger partial charge in [-0.15, -0.1) is 11.3 Å². The zero-order valence-electron chi connectivity index (χ0n) is 12.1. The molecule has 2 rings (SSSR count). The van der Waals surface area contributed by atoms with E-state index in [0.717, 1.165) is 19.3 Å². The molecule has 2 unspecified atom stereocenters. The molecule has 0 saturated carbocycles. The first kappa shape index (κ1) is 15.0. The molecule has 5 heteroatoms. The monoisotopic (exact) mass is 295 g/mol. The van der Waals surface area contributed by atoms with Gasteiger partial charge in [-0.3, -0.25) is 4.79 Å². The highest BCUT2D eigenvalue weighted by Gasteiger charge is 2.26. The van der Waals surface area contributed by atoms with Gasteiger partial charge in [0.2, 0.25) is 0 Å². The predicted molar refractivity (Wildman–Crippen MR) is 79.2 cm³/mol. The Balaban J connectivity index is 2.12. The number of thiophene rings is 1. The fraction of sp³-hybridized carbons (Fsp3) is 0.600. The minimum atomic E-state index is -0.983. The Kier molecular flexibility index (Phi) is 4.48. The maximum Gasteiger partial charge on any atom is 0.326 e. The van der Waals surface area contributed by atoms with Crippen LogP contribution in [-0.4, -0.2) is 23.0 Å². The molecular formula is C15H21NO3S. The van der Waals surface area contributed by atoms with Crippen LogP contribution in [0.1, 0.15) is 47.3 Å². The zero-order valence-corrected chi connectivity index (χ0v) is 12.9. The number of hydrogen-bond donors (Lipinski definition) is 2. The van der Waals surface area contributed by atoms with Crippen molar-refractivity contribution >= 4 is 23.2 Å². The van der Waals surface area contributed by atoms with Crippen molar-refractivity contribution in [3.05, 3.63) is 21.4 Å². The lowest BCUT2D eigenvalue weighted by molar-refractivity contribution is -0.140. The molecule has 4 nitrogen and oxygen atoms in total. The Morgan fingerprint density at radius 2 is 2.15 bits per heavy atom. The maximum atomic E-state index is 12.2. The minimum absolute atomic E-state index is 0.133. The number of carboxylic acid groups (broad SMARTS) is 1. The van der Waals surface area contributed by atoms with Crippen LogP contribution in [0.15, 0.2) is 6.07 Å². The minimum Gasteiger partial charge on any atom is -0.480 e. The van der Waals surface area contributed by atoms with Crippen LogP contribution in [0.2, 0.25) is 0 Å². The zero-order chi connectivity index (χ0) is 14.9. The number of aliphatic carboxylic acids is 1. The van der Waals surface area contributed by atoms with E-state index in [-0.39, 0.29) is 11.8 Å². The van der Waals surface area contributed by atoms with Gasteiger partial charge in [0.25, 0.3) is 5.91 Å². The van der Waals surface area contributed by atoms with Gasteiger partial charge >= 0.3 is 5.97 Å². The Labute approximate surface area is 123 Å². The van der Waals surface area contributed by atoms with Gasteiger partial charge in [-0.05, 0) is 42.7 Å². The molecule has 1 aliphatic rings. The van der Waals surface area contributed by atoms with Crippen molar-refractivity contribution in [2.24, 2.45) is 11.8 Å². The van der Waals surface area contributed by atoms with Gasteiger partial charge in [-0.1, -0.05) is 20.8 Å². The van der Waals surface area contributed by atoms with E-state index < -0.39 is 12.0 Å². The van der Waals surface area contributed by atoms with Crippen molar-refractivity contribution in [2.45, 2.75) is 46.1 Å². The molecule has 0 fully saturated rings. The summed E-state index contributed by atoms with van der Waals surface area (Å²) in [6, 6.07) is 1.10. The number of hydrogen-bond acceptors (Lipinski definition) is 3. The lowest BCUT2D eigenvalue weighted by Gasteiger charge is -2.17. The van der Waals surface area contributed by atoms with E-state index in [9.17, 15) is 9.59 Å². The first-order valence-electron chi connectivity index (χ1n) is 7.03. The summed E-state index contributed by atoms with van der Waals surface area (Å²) >= 11 is 1.51. The largest absolute Gasteiger partial charge is 0.480 e. The number of fused-ring (bicyclic) bond motifs is 1. The second-order valence-corrected chi connectivity index (χ2v) is 7.08. The summed E-state index contributed by atoms with van der Waals surface area (Å²) in [5.41, 5.74) is 1.26. The van der Waals surface area contributed by atoms with Gasteiger partial charge in [0.05, 0.1) is 4.88 Å². The van der Waals surface area contributed by atoms with Crippen LogP contribution >= 0.6 is 11.3 Å². The van der Waals surface area contributed by atoms with E-state index in [1.807, 2.05) is 6.07 Å². The summed E-state index contributed by atoms with van der Waals surface area (Å²) in [4.78, 5) is 25.3. The summed E-state index contributed by atoms with van der Waals surface area (Å²) in [6.45, 7) is 5.81. The van der Waals surface area contributed by atoms with Crippen LogP contribution in [0.3, 0.4) is 0 Å². The van der Waals surface area contributed by atoms with Crippen LogP contribution in [0, 0.1) is 11.8 Å². The predicted octanol–water partition coefficient (Wildman–Crippen LogP) is 2.71. The highest BCUT2D eigenvalue weighted by atomic mass is 32.1. The standard InChI is InChI=1S/C15H21NO3S/c1-8(2)13(15(18)19)16-14(17)12-7-10-6-9(3)4-5-11(10)20-12/h7-9,13H,4-6H2,1-3H3,(H,16,17)(H,18,19). The highest BCUT2D eigenvalue weighted by Crippen LogP contribution is 2.32. The number of aryl methyl sites for hydroxylation is 1. The van der Waals surface area contributed by atoms with E-state index in [1.165, 1.54) is 21.8 Å². The normalized spacial score (nSPS) is 19.5. The molecule has 2 N–H and O–H groups in total. The lowest BCUT2D eigenvalue weighted by atomic mass is 9.90. The number of rotatable bonds is 4. The second kappa shape index (κ2) is 5.95. The molecule has 2 atom stereocenters. The smallest absolute Gasteiger partial charge is 0.326 e. The number of carboxylic acids is 1. The van der Waals surface area contributed by atoms with Gasteiger partial charge < -0.3 is 10.4 Å². The van der Waals surface area contributed by atoms with Crippen molar-refractivity contribution in [3.8, 4) is 0 Å². The van der Waals surface area contributed by atoms with Gasteiger partial charge in [0, 0.05) is 4.88 Å². The van der Waals surface area contributed by atoms with Crippen molar-refractivity contribution in [1.82, 2.24) is 5.32 Å². The van der Waals surface area contributed by atoms with Crippen molar-refractivity contribution in [3.63, 3.8) is 0 Å². The highest BCUT2D eigenvalue weighted by molar-refractivity contribution is 7.14. The summed E-state index contributed by atoms with van der Waals surface area (Å²) in [7, 11) is 0. The van der Waals surface area contributed by atoms with Gasteiger partial charge in [-0.2, -0.15) is 0 Å². The molecule has 0 radical (unpaired) electrons. The third kappa shape index (κ3) is 3.20. The number of nitrogens with one attached hydrogen (secondary N) is 1. The van der Waals surface area contributed by atoms with E-state index in [2.05, 4.69) is 12.2 Å². The van der Waals surface area contributed by atoms with Gasteiger partial charge in [0.1, 0.15) is 6.04 Å². The Morgan fingerprint density at radius 1 is 1.45 bits per heavy atom. The fourth-order valence-corrected chi connectivity index (χ4v) is 3.66. The van der Waals surface area contributed by atoms with Gasteiger partial charge in [0.15, 0.2) is 0 Å². The van der Waals surface area contributed by atoms with Crippen LogP contribution in [0.5, 0.6) is 0 Å². The number of carbonyl (C=O) groups is 2. The fourth-order valence-electron chi connectivity index (χ4n) is 2.54. The number of amides is 1. The molecule has 0 bridgehead atoms.